The molecule has 0 aliphatic rings. The van der Waals surface area contributed by atoms with Crippen molar-refractivity contribution in [2.45, 2.75) is 38.7 Å². The second kappa shape index (κ2) is 4.71. The zero-order valence-corrected chi connectivity index (χ0v) is 9.06. The zero-order valence-electron chi connectivity index (χ0n) is 9.06. The number of halogens is 2. The van der Waals surface area contributed by atoms with Crippen LogP contribution in [0.15, 0.2) is 18.2 Å². The van der Waals surface area contributed by atoms with Crippen LogP contribution >= 0.6 is 0 Å². The van der Waals surface area contributed by atoms with Crippen molar-refractivity contribution in [2.24, 2.45) is 0 Å². The first-order valence-corrected chi connectivity index (χ1v) is 5.16. The molecule has 84 valence electrons. The van der Waals surface area contributed by atoms with E-state index in [2.05, 4.69) is 0 Å². The fourth-order valence-electron chi connectivity index (χ4n) is 1.58. The lowest BCUT2D eigenvalue weighted by atomic mass is 9.90. The second-order valence-electron chi connectivity index (χ2n) is 3.98. The molecule has 0 radical (unpaired) electrons. The predicted molar refractivity (Wildman–Crippen MR) is 55.5 cm³/mol. The highest BCUT2D eigenvalue weighted by atomic mass is 19.2. The van der Waals surface area contributed by atoms with Gasteiger partial charge in [-0.1, -0.05) is 31.9 Å². The van der Waals surface area contributed by atoms with Gasteiger partial charge in [-0.3, -0.25) is 0 Å². The highest BCUT2D eigenvalue weighted by Gasteiger charge is 2.27. The minimum Gasteiger partial charge on any atom is -0.385 e. The van der Waals surface area contributed by atoms with E-state index in [4.69, 9.17) is 0 Å². The molecule has 0 saturated heterocycles. The summed E-state index contributed by atoms with van der Waals surface area (Å²) in [5.74, 6) is -1.86. The molecule has 0 amide bonds. The van der Waals surface area contributed by atoms with Gasteiger partial charge in [0.2, 0.25) is 0 Å². The van der Waals surface area contributed by atoms with E-state index in [9.17, 15) is 13.9 Å². The monoisotopic (exact) mass is 214 g/mol. The largest absolute Gasteiger partial charge is 0.385 e. The Morgan fingerprint density at radius 3 is 2.60 bits per heavy atom. The number of aliphatic hydroxyl groups is 1. The molecule has 0 saturated carbocycles. The standard InChI is InChI=1S/C12H16F2O/c1-3-4-8-12(2,15)9-6-5-7-10(13)11(9)14/h5-7,15H,3-4,8H2,1-2H3. The van der Waals surface area contributed by atoms with Crippen LogP contribution in [0.2, 0.25) is 0 Å². The molecule has 15 heavy (non-hydrogen) atoms. The van der Waals surface area contributed by atoms with E-state index >= 15 is 0 Å². The molecule has 0 fully saturated rings. The molecule has 0 spiro atoms. The zero-order chi connectivity index (χ0) is 11.5. The summed E-state index contributed by atoms with van der Waals surface area (Å²) in [6.45, 7) is 3.50. The molecule has 1 aromatic rings. The molecule has 0 heterocycles. The lowest BCUT2D eigenvalue weighted by Gasteiger charge is -2.24. The van der Waals surface area contributed by atoms with E-state index < -0.39 is 17.2 Å². The summed E-state index contributed by atoms with van der Waals surface area (Å²) >= 11 is 0. The van der Waals surface area contributed by atoms with E-state index in [0.717, 1.165) is 18.9 Å². The molecular weight excluding hydrogens is 198 g/mol. The average molecular weight is 214 g/mol. The van der Waals surface area contributed by atoms with Gasteiger partial charge in [0.25, 0.3) is 0 Å². The van der Waals surface area contributed by atoms with Crippen molar-refractivity contribution >= 4 is 0 Å². The molecule has 0 aliphatic heterocycles. The van der Waals surface area contributed by atoms with Crippen molar-refractivity contribution in [2.75, 3.05) is 0 Å². The van der Waals surface area contributed by atoms with Crippen LogP contribution in [0.25, 0.3) is 0 Å². The molecule has 0 aromatic heterocycles. The first kappa shape index (κ1) is 12.1. The smallest absolute Gasteiger partial charge is 0.164 e. The first-order valence-electron chi connectivity index (χ1n) is 5.16. The summed E-state index contributed by atoms with van der Waals surface area (Å²) in [5, 5.41) is 10.0. The lowest BCUT2D eigenvalue weighted by molar-refractivity contribution is 0.0410. The Kier molecular flexibility index (Phi) is 3.80. The van der Waals surface area contributed by atoms with Gasteiger partial charge in [0.1, 0.15) is 0 Å². The quantitative estimate of drug-likeness (QED) is 0.814. The van der Waals surface area contributed by atoms with Crippen molar-refractivity contribution < 1.29 is 13.9 Å². The summed E-state index contributed by atoms with van der Waals surface area (Å²) in [6.07, 6.45) is 2.12. The van der Waals surface area contributed by atoms with Gasteiger partial charge in [0.15, 0.2) is 11.6 Å². The highest BCUT2D eigenvalue weighted by Crippen LogP contribution is 2.29. The van der Waals surface area contributed by atoms with Crippen LogP contribution < -0.4 is 0 Å². The fraction of sp³-hybridized carbons (Fsp3) is 0.500. The topological polar surface area (TPSA) is 20.2 Å². The Morgan fingerprint density at radius 2 is 2.00 bits per heavy atom. The Labute approximate surface area is 88.7 Å². The Balaban J connectivity index is 2.98. The number of benzene rings is 1. The van der Waals surface area contributed by atoms with E-state index in [-0.39, 0.29) is 5.56 Å². The number of hydrogen-bond donors (Lipinski definition) is 1. The third kappa shape index (κ3) is 2.75. The molecule has 1 unspecified atom stereocenters. The van der Waals surface area contributed by atoms with Gasteiger partial charge in [0, 0.05) is 5.56 Å². The number of rotatable bonds is 4. The Bertz CT molecular complexity index is 334. The molecule has 3 heteroatoms. The highest BCUT2D eigenvalue weighted by molar-refractivity contribution is 5.24. The maximum Gasteiger partial charge on any atom is 0.164 e. The molecule has 1 atom stereocenters. The molecule has 1 rings (SSSR count). The predicted octanol–water partition coefficient (Wildman–Crippen LogP) is 3.36. The van der Waals surface area contributed by atoms with E-state index in [1.807, 2.05) is 6.92 Å². The van der Waals surface area contributed by atoms with Gasteiger partial charge in [-0.15, -0.1) is 0 Å². The summed E-state index contributed by atoms with van der Waals surface area (Å²) in [4.78, 5) is 0. The summed E-state index contributed by atoms with van der Waals surface area (Å²) in [5.41, 5.74) is -1.25. The van der Waals surface area contributed by atoms with Crippen molar-refractivity contribution in [3.63, 3.8) is 0 Å². The maximum absolute atomic E-state index is 13.4. The van der Waals surface area contributed by atoms with Crippen LogP contribution in [0.4, 0.5) is 8.78 Å². The maximum atomic E-state index is 13.4. The lowest BCUT2D eigenvalue weighted by Crippen LogP contribution is -2.23. The minimum atomic E-state index is -1.29. The van der Waals surface area contributed by atoms with Crippen LogP contribution in [0.5, 0.6) is 0 Å². The number of hydrogen-bond acceptors (Lipinski definition) is 1. The van der Waals surface area contributed by atoms with Crippen molar-refractivity contribution in [3.05, 3.63) is 35.4 Å². The molecule has 1 nitrogen and oxygen atoms in total. The van der Waals surface area contributed by atoms with Crippen LogP contribution in [0, 0.1) is 11.6 Å². The van der Waals surface area contributed by atoms with E-state index in [1.54, 1.807) is 0 Å². The second-order valence-corrected chi connectivity index (χ2v) is 3.98. The molecule has 0 bridgehead atoms. The van der Waals surface area contributed by atoms with Crippen LogP contribution in [0.3, 0.4) is 0 Å². The average Bonchev–Trinajstić information content (AvgIpc) is 2.19. The van der Waals surface area contributed by atoms with Gasteiger partial charge in [0.05, 0.1) is 5.60 Å². The van der Waals surface area contributed by atoms with Gasteiger partial charge in [-0.05, 0) is 19.4 Å². The first-order chi connectivity index (χ1) is 6.99. The minimum absolute atomic E-state index is 0.0379. The molecule has 1 N–H and O–H groups in total. The normalized spacial score (nSPS) is 15.0. The Morgan fingerprint density at radius 1 is 1.33 bits per heavy atom. The summed E-state index contributed by atoms with van der Waals surface area (Å²) < 4.78 is 26.3. The number of unbranched alkanes of at least 4 members (excludes halogenated alkanes) is 1. The molecule has 0 aliphatic carbocycles. The van der Waals surface area contributed by atoms with Gasteiger partial charge in [-0.2, -0.15) is 0 Å². The fourth-order valence-corrected chi connectivity index (χ4v) is 1.58. The van der Waals surface area contributed by atoms with E-state index in [0.29, 0.717) is 6.42 Å². The van der Waals surface area contributed by atoms with Crippen molar-refractivity contribution in [1.82, 2.24) is 0 Å². The summed E-state index contributed by atoms with van der Waals surface area (Å²) in [7, 11) is 0. The van der Waals surface area contributed by atoms with Crippen LogP contribution in [0.1, 0.15) is 38.7 Å². The third-order valence-corrected chi connectivity index (χ3v) is 2.55. The van der Waals surface area contributed by atoms with Gasteiger partial charge in [-0.25, -0.2) is 8.78 Å². The van der Waals surface area contributed by atoms with Crippen LogP contribution in [-0.2, 0) is 5.60 Å². The van der Waals surface area contributed by atoms with Gasteiger partial charge >= 0.3 is 0 Å². The Hall–Kier alpha value is -0.960. The molecule has 1 aromatic carbocycles. The SMILES string of the molecule is CCCCC(C)(O)c1cccc(F)c1F. The van der Waals surface area contributed by atoms with Crippen molar-refractivity contribution in [1.29, 1.82) is 0 Å². The molecular formula is C12H16F2O. The third-order valence-electron chi connectivity index (χ3n) is 2.55. The van der Waals surface area contributed by atoms with E-state index in [1.165, 1.54) is 19.1 Å². The summed E-state index contributed by atoms with van der Waals surface area (Å²) in [6, 6.07) is 3.89. The van der Waals surface area contributed by atoms with Crippen molar-refractivity contribution in [3.8, 4) is 0 Å². The van der Waals surface area contributed by atoms with Gasteiger partial charge < -0.3 is 5.11 Å². The van der Waals surface area contributed by atoms with Crippen LogP contribution in [-0.4, -0.2) is 5.11 Å².